The fraction of sp³-hybridized carbons (Fsp3) is 0.800. The molecule has 0 aromatic heterocycles. The molecule has 3 nitrogen and oxygen atoms in total. The Kier molecular flexibility index (Phi) is 5.08. The molecule has 2 rings (SSSR count). The summed E-state index contributed by atoms with van der Waals surface area (Å²) in [6, 6.07) is 0. The lowest BCUT2D eigenvalue weighted by atomic mass is 9.46. The zero-order valence-corrected chi connectivity index (χ0v) is 15.3. The molecule has 1 saturated carbocycles. The highest BCUT2D eigenvalue weighted by Gasteiger charge is 2.54. The molecule has 0 bridgehead atoms. The van der Waals surface area contributed by atoms with Gasteiger partial charge in [0, 0.05) is 12.8 Å². The highest BCUT2D eigenvalue weighted by molar-refractivity contribution is 5.92. The number of hydrogen-bond acceptors (Lipinski definition) is 2. The van der Waals surface area contributed by atoms with Crippen LogP contribution in [0.2, 0.25) is 0 Å². The zero-order valence-electron chi connectivity index (χ0n) is 15.3. The average Bonchev–Trinajstić information content (AvgIpc) is 2.44. The van der Waals surface area contributed by atoms with Crippen LogP contribution in [0, 0.1) is 28.6 Å². The fourth-order valence-electron chi connectivity index (χ4n) is 5.07. The fourth-order valence-corrected chi connectivity index (χ4v) is 5.07. The van der Waals surface area contributed by atoms with Crippen LogP contribution in [0.4, 0.5) is 0 Å². The van der Waals surface area contributed by atoms with Gasteiger partial charge in [0.2, 0.25) is 0 Å². The molecule has 0 aromatic rings. The third-order valence-corrected chi connectivity index (χ3v) is 7.17. The monoisotopic (exact) mass is 320 g/mol. The highest BCUT2D eigenvalue weighted by atomic mass is 16.4. The summed E-state index contributed by atoms with van der Waals surface area (Å²) in [4.78, 5) is 23.1. The van der Waals surface area contributed by atoms with Crippen LogP contribution in [0.15, 0.2) is 11.6 Å². The van der Waals surface area contributed by atoms with Crippen molar-refractivity contribution in [3.8, 4) is 0 Å². The number of ketones is 1. The van der Waals surface area contributed by atoms with Gasteiger partial charge in [-0.05, 0) is 67.3 Å². The SMILES string of the molecule is CC1=CC(=O)C[C@@H]2[C@](C)(CC[C@@H](C)CC(=O)O)[C@@H](C)CC[C@]12C. The van der Waals surface area contributed by atoms with E-state index in [0.717, 1.165) is 19.3 Å². The normalized spacial score (nSPS) is 38.7. The van der Waals surface area contributed by atoms with E-state index in [0.29, 0.717) is 18.3 Å². The van der Waals surface area contributed by atoms with E-state index in [1.807, 2.05) is 13.0 Å². The van der Waals surface area contributed by atoms with Gasteiger partial charge < -0.3 is 5.11 Å². The summed E-state index contributed by atoms with van der Waals surface area (Å²) in [5.74, 6) is 0.713. The lowest BCUT2D eigenvalue weighted by Gasteiger charge is -2.57. The quantitative estimate of drug-likeness (QED) is 0.787. The largest absolute Gasteiger partial charge is 0.481 e. The maximum absolute atomic E-state index is 12.2. The summed E-state index contributed by atoms with van der Waals surface area (Å²) in [6.07, 6.45) is 7.05. The number of allylic oxidation sites excluding steroid dienone is 2. The molecule has 1 fully saturated rings. The van der Waals surface area contributed by atoms with Gasteiger partial charge in [0.05, 0.1) is 0 Å². The molecular weight excluding hydrogens is 288 g/mol. The van der Waals surface area contributed by atoms with E-state index in [1.54, 1.807) is 0 Å². The first-order valence-corrected chi connectivity index (χ1v) is 9.03. The third kappa shape index (κ3) is 3.39. The van der Waals surface area contributed by atoms with Crippen LogP contribution in [-0.4, -0.2) is 16.9 Å². The maximum atomic E-state index is 12.2. The Hall–Kier alpha value is -1.12. The zero-order chi connectivity index (χ0) is 17.4. The first-order chi connectivity index (χ1) is 10.6. The van der Waals surface area contributed by atoms with Crippen molar-refractivity contribution in [3.63, 3.8) is 0 Å². The average molecular weight is 320 g/mol. The first-order valence-electron chi connectivity index (χ1n) is 9.03. The van der Waals surface area contributed by atoms with Gasteiger partial charge in [-0.15, -0.1) is 0 Å². The summed E-state index contributed by atoms with van der Waals surface area (Å²) in [6.45, 7) is 11.1. The lowest BCUT2D eigenvalue weighted by Crippen LogP contribution is -2.51. The molecule has 0 aliphatic heterocycles. The van der Waals surface area contributed by atoms with Crippen molar-refractivity contribution >= 4 is 11.8 Å². The van der Waals surface area contributed by atoms with Crippen molar-refractivity contribution in [3.05, 3.63) is 11.6 Å². The first kappa shape index (κ1) is 18.2. The van der Waals surface area contributed by atoms with Crippen LogP contribution < -0.4 is 0 Å². The van der Waals surface area contributed by atoms with Crippen molar-refractivity contribution in [2.45, 2.75) is 73.1 Å². The Morgan fingerprint density at radius 2 is 2.09 bits per heavy atom. The molecule has 23 heavy (non-hydrogen) atoms. The molecule has 5 atom stereocenters. The summed E-state index contributed by atoms with van der Waals surface area (Å²) in [5.41, 5.74) is 1.49. The number of aliphatic carboxylic acids is 1. The smallest absolute Gasteiger partial charge is 0.303 e. The summed E-state index contributed by atoms with van der Waals surface area (Å²) in [7, 11) is 0. The number of carboxylic acid groups (broad SMARTS) is 1. The number of carbonyl (C=O) groups is 2. The van der Waals surface area contributed by atoms with E-state index < -0.39 is 5.97 Å². The molecule has 0 unspecified atom stereocenters. The molecule has 2 aliphatic rings. The van der Waals surface area contributed by atoms with E-state index in [1.165, 1.54) is 12.0 Å². The molecule has 0 radical (unpaired) electrons. The lowest BCUT2D eigenvalue weighted by molar-refractivity contribution is -0.138. The molecule has 0 heterocycles. The molecule has 3 heteroatoms. The standard InChI is InChI=1S/C20H32O3/c1-13(10-18(22)23)6-8-19(4)14(2)7-9-20(5)15(3)11-16(21)12-17(19)20/h11,13-14,17H,6-10,12H2,1-5H3,(H,22,23)/t13-,14+,17-,19-,20-/m1/s1. The minimum atomic E-state index is -0.712. The Balaban J connectivity index is 2.22. The molecule has 0 amide bonds. The number of carboxylic acids is 1. The van der Waals surface area contributed by atoms with E-state index in [-0.39, 0.29) is 29.0 Å². The molecule has 0 aromatic carbocycles. The van der Waals surface area contributed by atoms with Gasteiger partial charge in [0.1, 0.15) is 0 Å². The molecule has 130 valence electrons. The van der Waals surface area contributed by atoms with Crippen molar-refractivity contribution in [1.29, 1.82) is 0 Å². The molecule has 1 N–H and O–H groups in total. The van der Waals surface area contributed by atoms with Gasteiger partial charge in [0.15, 0.2) is 5.78 Å². The number of fused-ring (bicyclic) bond motifs is 1. The van der Waals surface area contributed by atoms with E-state index in [2.05, 4.69) is 27.7 Å². The topological polar surface area (TPSA) is 54.4 Å². The van der Waals surface area contributed by atoms with Gasteiger partial charge in [-0.1, -0.05) is 33.3 Å². The Morgan fingerprint density at radius 1 is 1.43 bits per heavy atom. The second-order valence-corrected chi connectivity index (χ2v) is 8.66. The molecular formula is C20H32O3. The van der Waals surface area contributed by atoms with Crippen molar-refractivity contribution in [1.82, 2.24) is 0 Å². The second kappa shape index (κ2) is 6.41. The second-order valence-electron chi connectivity index (χ2n) is 8.66. The van der Waals surface area contributed by atoms with Crippen LogP contribution >= 0.6 is 0 Å². The highest BCUT2D eigenvalue weighted by Crippen LogP contribution is 2.61. The van der Waals surface area contributed by atoms with Crippen LogP contribution in [0.3, 0.4) is 0 Å². The van der Waals surface area contributed by atoms with Crippen molar-refractivity contribution in [2.24, 2.45) is 28.6 Å². The van der Waals surface area contributed by atoms with Crippen LogP contribution in [0.5, 0.6) is 0 Å². The Labute approximate surface area is 140 Å². The predicted octanol–water partition coefficient (Wildman–Crippen LogP) is 4.86. The van der Waals surface area contributed by atoms with Crippen LogP contribution in [0.1, 0.15) is 73.1 Å². The van der Waals surface area contributed by atoms with Gasteiger partial charge in [-0.25, -0.2) is 0 Å². The summed E-state index contributed by atoms with van der Waals surface area (Å²) in [5, 5.41) is 8.98. The summed E-state index contributed by atoms with van der Waals surface area (Å²) >= 11 is 0. The van der Waals surface area contributed by atoms with Crippen molar-refractivity contribution in [2.75, 3.05) is 0 Å². The predicted molar refractivity (Wildman–Crippen MR) is 92.1 cm³/mol. The molecule has 2 aliphatic carbocycles. The van der Waals surface area contributed by atoms with Crippen molar-refractivity contribution < 1.29 is 14.7 Å². The van der Waals surface area contributed by atoms with E-state index >= 15 is 0 Å². The van der Waals surface area contributed by atoms with Gasteiger partial charge in [0.25, 0.3) is 0 Å². The minimum Gasteiger partial charge on any atom is -0.481 e. The van der Waals surface area contributed by atoms with Crippen LogP contribution in [0.25, 0.3) is 0 Å². The molecule has 0 spiro atoms. The van der Waals surface area contributed by atoms with Gasteiger partial charge in [-0.3, -0.25) is 9.59 Å². The summed E-state index contributed by atoms with van der Waals surface area (Å²) < 4.78 is 0. The molecule has 0 saturated heterocycles. The minimum absolute atomic E-state index is 0.116. The van der Waals surface area contributed by atoms with Gasteiger partial charge in [-0.2, -0.15) is 0 Å². The van der Waals surface area contributed by atoms with E-state index in [9.17, 15) is 9.59 Å². The Morgan fingerprint density at radius 3 is 2.70 bits per heavy atom. The number of carbonyl (C=O) groups excluding carboxylic acids is 1. The Bertz CT molecular complexity index is 521. The van der Waals surface area contributed by atoms with Gasteiger partial charge >= 0.3 is 5.97 Å². The number of rotatable bonds is 5. The van der Waals surface area contributed by atoms with Crippen LogP contribution in [-0.2, 0) is 9.59 Å². The van der Waals surface area contributed by atoms with E-state index in [4.69, 9.17) is 5.11 Å². The third-order valence-electron chi connectivity index (χ3n) is 7.17. The number of hydrogen-bond donors (Lipinski definition) is 1. The maximum Gasteiger partial charge on any atom is 0.303 e.